The number of fused-ring (bicyclic) bond motifs is 1. The monoisotopic (exact) mass is 449 g/mol. The molecule has 0 atom stereocenters. The van der Waals surface area contributed by atoms with Crippen LogP contribution in [0.15, 0.2) is 52.7 Å². The number of aromatic amines is 1. The first kappa shape index (κ1) is 17.1. The van der Waals surface area contributed by atoms with Gasteiger partial charge in [0, 0.05) is 14.5 Å². The fraction of sp³-hybridized carbons (Fsp3) is 0.0588. The van der Waals surface area contributed by atoms with Crippen molar-refractivity contribution in [3.05, 3.63) is 57.2 Å². The topological polar surface area (TPSA) is 104 Å². The van der Waals surface area contributed by atoms with Crippen molar-refractivity contribution in [2.75, 3.05) is 7.11 Å². The lowest BCUT2D eigenvalue weighted by Crippen LogP contribution is -2.02. The van der Waals surface area contributed by atoms with Gasteiger partial charge >= 0.3 is 5.97 Å². The first-order valence-corrected chi connectivity index (χ1v) is 8.22. The highest BCUT2D eigenvalue weighted by atomic mass is 127. The van der Waals surface area contributed by atoms with Crippen molar-refractivity contribution in [1.82, 2.24) is 4.98 Å². The van der Waals surface area contributed by atoms with E-state index in [1.54, 1.807) is 0 Å². The number of ether oxygens (including phenoxy) is 1. The van der Waals surface area contributed by atoms with Gasteiger partial charge < -0.3 is 14.8 Å². The normalized spacial score (nSPS) is 11.1. The summed E-state index contributed by atoms with van der Waals surface area (Å²) in [5.74, 6) is -1.23. The van der Waals surface area contributed by atoms with Crippen molar-refractivity contribution in [1.29, 1.82) is 0 Å². The molecule has 25 heavy (non-hydrogen) atoms. The standard InChI is InChI=1S/C17H12IN3O4/c1-25-17(24)10-4-2-9(3-5-10)15(22)21-20-14-12-8-11(18)6-7-13(12)19-16(14)23/h2-8,19,23H,1H3. The van der Waals surface area contributed by atoms with Gasteiger partial charge in [-0.15, -0.1) is 10.2 Å². The maximum atomic E-state index is 12.1. The summed E-state index contributed by atoms with van der Waals surface area (Å²) < 4.78 is 5.56. The van der Waals surface area contributed by atoms with Gasteiger partial charge in [0.25, 0.3) is 5.91 Å². The molecule has 2 N–H and O–H groups in total. The van der Waals surface area contributed by atoms with Gasteiger partial charge in [0.1, 0.15) is 0 Å². The lowest BCUT2D eigenvalue weighted by Gasteiger charge is -1.99. The number of esters is 1. The third kappa shape index (κ3) is 3.53. The summed E-state index contributed by atoms with van der Waals surface area (Å²) >= 11 is 2.14. The van der Waals surface area contributed by atoms with Crippen molar-refractivity contribution in [3.63, 3.8) is 0 Å². The van der Waals surface area contributed by atoms with Crippen LogP contribution in [0.3, 0.4) is 0 Å². The number of carbonyl (C=O) groups excluding carboxylic acids is 2. The summed E-state index contributed by atoms with van der Waals surface area (Å²) in [6.07, 6.45) is 0. The van der Waals surface area contributed by atoms with E-state index in [1.165, 1.54) is 31.4 Å². The van der Waals surface area contributed by atoms with Crippen LogP contribution < -0.4 is 0 Å². The number of hydrogen-bond donors (Lipinski definition) is 2. The molecule has 0 aliphatic carbocycles. The van der Waals surface area contributed by atoms with Gasteiger partial charge in [-0.3, -0.25) is 4.79 Å². The van der Waals surface area contributed by atoms with Crippen molar-refractivity contribution < 1.29 is 19.4 Å². The van der Waals surface area contributed by atoms with Gasteiger partial charge in [-0.25, -0.2) is 4.79 Å². The second kappa shape index (κ2) is 7.01. The zero-order chi connectivity index (χ0) is 18.0. The fourth-order valence-corrected chi connectivity index (χ4v) is 2.75. The maximum Gasteiger partial charge on any atom is 0.337 e. The van der Waals surface area contributed by atoms with Gasteiger partial charge in [-0.05, 0) is 65.1 Å². The van der Waals surface area contributed by atoms with E-state index in [-0.39, 0.29) is 17.1 Å². The number of H-pyrrole nitrogens is 1. The van der Waals surface area contributed by atoms with E-state index in [2.05, 4.69) is 42.5 Å². The Morgan fingerprint density at radius 3 is 2.48 bits per heavy atom. The molecule has 1 aromatic heterocycles. The molecule has 3 aromatic rings. The number of amides is 1. The van der Waals surface area contributed by atoms with Gasteiger partial charge in [0.05, 0.1) is 18.2 Å². The highest BCUT2D eigenvalue weighted by Crippen LogP contribution is 2.36. The van der Waals surface area contributed by atoms with E-state index in [0.29, 0.717) is 16.5 Å². The quantitative estimate of drug-likeness (QED) is 0.356. The van der Waals surface area contributed by atoms with Crippen molar-refractivity contribution in [2.45, 2.75) is 0 Å². The van der Waals surface area contributed by atoms with E-state index in [9.17, 15) is 14.7 Å². The molecule has 2 aromatic carbocycles. The largest absolute Gasteiger partial charge is 0.493 e. The van der Waals surface area contributed by atoms with Crippen LogP contribution in [-0.4, -0.2) is 29.1 Å². The molecular formula is C17H12IN3O4. The van der Waals surface area contributed by atoms with Crippen LogP contribution >= 0.6 is 22.6 Å². The van der Waals surface area contributed by atoms with E-state index < -0.39 is 11.9 Å². The number of methoxy groups -OCH3 is 1. The Bertz CT molecular complexity index is 993. The number of benzene rings is 2. The molecule has 1 heterocycles. The summed E-state index contributed by atoms with van der Waals surface area (Å²) in [6.45, 7) is 0. The number of halogens is 1. The van der Waals surface area contributed by atoms with Gasteiger partial charge in [0.15, 0.2) is 5.69 Å². The number of nitrogens with one attached hydrogen (secondary N) is 1. The van der Waals surface area contributed by atoms with Crippen LogP contribution in [0.1, 0.15) is 20.7 Å². The average Bonchev–Trinajstić information content (AvgIpc) is 2.93. The molecule has 0 aliphatic rings. The second-order valence-corrected chi connectivity index (χ2v) is 6.33. The van der Waals surface area contributed by atoms with Gasteiger partial charge in [-0.2, -0.15) is 0 Å². The molecule has 0 saturated carbocycles. The Morgan fingerprint density at radius 2 is 1.80 bits per heavy atom. The Labute approximate surface area is 155 Å². The third-order valence-electron chi connectivity index (χ3n) is 3.51. The minimum absolute atomic E-state index is 0.158. The molecule has 0 aliphatic heterocycles. The molecule has 0 saturated heterocycles. The third-order valence-corrected chi connectivity index (χ3v) is 4.18. The molecule has 0 unspecified atom stereocenters. The van der Waals surface area contributed by atoms with Crippen LogP contribution in [0.2, 0.25) is 0 Å². The number of aromatic hydroxyl groups is 1. The van der Waals surface area contributed by atoms with Crippen molar-refractivity contribution >= 4 is 51.1 Å². The highest BCUT2D eigenvalue weighted by molar-refractivity contribution is 14.1. The molecule has 7 nitrogen and oxygen atoms in total. The summed E-state index contributed by atoms with van der Waals surface area (Å²) in [4.78, 5) is 26.3. The van der Waals surface area contributed by atoms with Crippen molar-refractivity contribution in [3.8, 4) is 5.88 Å². The zero-order valence-electron chi connectivity index (χ0n) is 13.0. The molecule has 1 amide bonds. The minimum atomic E-state index is -0.587. The summed E-state index contributed by atoms with van der Waals surface area (Å²) in [7, 11) is 1.28. The molecule has 0 radical (unpaired) electrons. The second-order valence-electron chi connectivity index (χ2n) is 5.09. The molecule has 0 bridgehead atoms. The maximum absolute atomic E-state index is 12.1. The van der Waals surface area contributed by atoms with Crippen molar-refractivity contribution in [2.24, 2.45) is 10.2 Å². The van der Waals surface area contributed by atoms with E-state index in [4.69, 9.17) is 0 Å². The van der Waals surface area contributed by atoms with E-state index in [0.717, 1.165) is 3.57 Å². The van der Waals surface area contributed by atoms with Crippen LogP contribution in [0.5, 0.6) is 5.88 Å². The van der Waals surface area contributed by atoms with Gasteiger partial charge in [-0.1, -0.05) is 0 Å². The highest BCUT2D eigenvalue weighted by Gasteiger charge is 2.12. The molecule has 3 rings (SSSR count). The number of carbonyl (C=O) groups is 2. The Balaban J connectivity index is 1.87. The van der Waals surface area contributed by atoms with E-state index >= 15 is 0 Å². The van der Waals surface area contributed by atoms with Crippen LogP contribution in [-0.2, 0) is 4.74 Å². The SMILES string of the molecule is COC(=O)c1ccc(C(=O)N=Nc2c(O)[nH]c3ccc(I)cc23)cc1. The van der Waals surface area contributed by atoms with E-state index in [1.807, 2.05) is 18.2 Å². The summed E-state index contributed by atoms with van der Waals surface area (Å²) in [6, 6.07) is 11.4. The molecule has 0 spiro atoms. The summed E-state index contributed by atoms with van der Waals surface area (Å²) in [5, 5.41) is 18.2. The Hall–Kier alpha value is -2.75. The number of aromatic nitrogens is 1. The summed E-state index contributed by atoms with van der Waals surface area (Å²) in [5.41, 5.74) is 1.50. The molecule has 0 fully saturated rings. The smallest absolute Gasteiger partial charge is 0.337 e. The Kier molecular flexibility index (Phi) is 4.79. The zero-order valence-corrected chi connectivity index (χ0v) is 15.1. The first-order chi connectivity index (χ1) is 12.0. The predicted octanol–water partition coefficient (Wildman–Crippen LogP) is 4.19. The Morgan fingerprint density at radius 1 is 1.12 bits per heavy atom. The van der Waals surface area contributed by atoms with Crippen LogP contribution in [0.25, 0.3) is 10.9 Å². The number of azo groups is 1. The number of nitrogens with zero attached hydrogens (tertiary/aromatic N) is 2. The molecule has 126 valence electrons. The first-order valence-electron chi connectivity index (χ1n) is 7.14. The predicted molar refractivity (Wildman–Crippen MR) is 99.3 cm³/mol. The van der Waals surface area contributed by atoms with Crippen LogP contribution in [0, 0.1) is 3.57 Å². The molecule has 8 heteroatoms. The average molecular weight is 449 g/mol. The lowest BCUT2D eigenvalue weighted by atomic mass is 10.1. The minimum Gasteiger partial charge on any atom is -0.493 e. The number of rotatable bonds is 3. The lowest BCUT2D eigenvalue weighted by molar-refractivity contribution is 0.0600. The number of hydrogen-bond acceptors (Lipinski definition) is 5. The fourth-order valence-electron chi connectivity index (χ4n) is 2.26. The molecular weight excluding hydrogens is 437 g/mol. The van der Waals surface area contributed by atoms with Gasteiger partial charge in [0.2, 0.25) is 5.88 Å². The van der Waals surface area contributed by atoms with Crippen LogP contribution in [0.4, 0.5) is 5.69 Å².